The van der Waals surface area contributed by atoms with Crippen molar-refractivity contribution in [3.05, 3.63) is 0 Å². The van der Waals surface area contributed by atoms with E-state index in [9.17, 15) is 4.79 Å². The lowest BCUT2D eigenvalue weighted by molar-refractivity contribution is -0.140. The van der Waals surface area contributed by atoms with E-state index in [-0.39, 0.29) is 12.6 Å². The SMILES string of the molecule is O=C(O)CC1NCCCCO1. The Morgan fingerprint density at radius 3 is 3.18 bits per heavy atom. The second-order valence-corrected chi connectivity index (χ2v) is 2.62. The minimum absolute atomic E-state index is 0.0556. The van der Waals surface area contributed by atoms with Crippen molar-refractivity contribution < 1.29 is 14.6 Å². The first-order valence-electron chi connectivity index (χ1n) is 3.86. The van der Waals surface area contributed by atoms with Gasteiger partial charge in [0.15, 0.2) is 0 Å². The fourth-order valence-electron chi connectivity index (χ4n) is 1.06. The van der Waals surface area contributed by atoms with Crippen molar-refractivity contribution in [3.8, 4) is 0 Å². The Kier molecular flexibility index (Phi) is 3.32. The largest absolute Gasteiger partial charge is 0.481 e. The zero-order valence-corrected chi connectivity index (χ0v) is 6.38. The van der Waals surface area contributed by atoms with Gasteiger partial charge in [-0.05, 0) is 19.4 Å². The number of carbonyl (C=O) groups is 1. The van der Waals surface area contributed by atoms with Gasteiger partial charge >= 0.3 is 5.97 Å². The normalized spacial score (nSPS) is 26.0. The molecule has 1 heterocycles. The molecule has 0 amide bonds. The van der Waals surface area contributed by atoms with Gasteiger partial charge in [0.2, 0.25) is 0 Å². The summed E-state index contributed by atoms with van der Waals surface area (Å²) in [6, 6.07) is 0. The van der Waals surface area contributed by atoms with Crippen LogP contribution >= 0.6 is 0 Å². The first kappa shape index (κ1) is 8.49. The van der Waals surface area contributed by atoms with E-state index in [1.54, 1.807) is 0 Å². The highest BCUT2D eigenvalue weighted by atomic mass is 16.5. The summed E-state index contributed by atoms with van der Waals surface area (Å²) in [5, 5.41) is 11.4. The minimum Gasteiger partial charge on any atom is -0.481 e. The Labute approximate surface area is 65.5 Å². The Bertz CT molecular complexity index is 130. The van der Waals surface area contributed by atoms with Crippen LogP contribution in [-0.4, -0.2) is 30.5 Å². The van der Waals surface area contributed by atoms with Gasteiger partial charge in [-0.3, -0.25) is 10.1 Å². The van der Waals surface area contributed by atoms with Crippen LogP contribution in [0.4, 0.5) is 0 Å². The summed E-state index contributed by atoms with van der Waals surface area (Å²) in [5.74, 6) is -0.815. The number of aliphatic carboxylic acids is 1. The molecule has 4 nitrogen and oxygen atoms in total. The molecule has 0 aliphatic carbocycles. The monoisotopic (exact) mass is 159 g/mol. The molecule has 1 unspecified atom stereocenters. The van der Waals surface area contributed by atoms with E-state index in [1.807, 2.05) is 0 Å². The molecule has 1 saturated heterocycles. The Morgan fingerprint density at radius 1 is 1.64 bits per heavy atom. The molecule has 1 aliphatic heterocycles. The molecule has 0 saturated carbocycles. The molecule has 0 aromatic rings. The molecule has 1 aliphatic rings. The fraction of sp³-hybridized carbons (Fsp3) is 0.857. The number of carboxylic acids is 1. The van der Waals surface area contributed by atoms with Crippen LogP contribution in [0.15, 0.2) is 0 Å². The second-order valence-electron chi connectivity index (χ2n) is 2.62. The van der Waals surface area contributed by atoms with Crippen LogP contribution < -0.4 is 5.32 Å². The Hall–Kier alpha value is -0.610. The molecule has 0 radical (unpaired) electrons. The third-order valence-corrected chi connectivity index (χ3v) is 1.62. The van der Waals surface area contributed by atoms with Crippen molar-refractivity contribution >= 4 is 5.97 Å². The topological polar surface area (TPSA) is 58.6 Å². The van der Waals surface area contributed by atoms with Crippen molar-refractivity contribution in [1.29, 1.82) is 0 Å². The predicted molar refractivity (Wildman–Crippen MR) is 39.2 cm³/mol. The quantitative estimate of drug-likeness (QED) is 0.603. The number of rotatable bonds is 2. The Balaban J connectivity index is 2.25. The van der Waals surface area contributed by atoms with Gasteiger partial charge in [0.25, 0.3) is 0 Å². The Morgan fingerprint density at radius 2 is 2.45 bits per heavy atom. The molecular weight excluding hydrogens is 146 g/mol. The van der Waals surface area contributed by atoms with Crippen molar-refractivity contribution in [2.75, 3.05) is 13.2 Å². The average Bonchev–Trinajstić information content (AvgIpc) is 2.14. The summed E-state index contributed by atoms with van der Waals surface area (Å²) in [6.45, 7) is 1.53. The van der Waals surface area contributed by atoms with Crippen molar-refractivity contribution in [2.24, 2.45) is 0 Å². The van der Waals surface area contributed by atoms with Crippen LogP contribution in [0.25, 0.3) is 0 Å². The second kappa shape index (κ2) is 4.31. The molecule has 0 aromatic heterocycles. The van der Waals surface area contributed by atoms with Crippen LogP contribution in [0.1, 0.15) is 19.3 Å². The van der Waals surface area contributed by atoms with Gasteiger partial charge < -0.3 is 9.84 Å². The molecule has 64 valence electrons. The van der Waals surface area contributed by atoms with Gasteiger partial charge in [0, 0.05) is 6.61 Å². The molecule has 11 heavy (non-hydrogen) atoms. The first-order chi connectivity index (χ1) is 5.29. The average molecular weight is 159 g/mol. The highest BCUT2D eigenvalue weighted by Gasteiger charge is 2.14. The molecule has 0 aromatic carbocycles. The lowest BCUT2D eigenvalue weighted by atomic mass is 10.3. The zero-order chi connectivity index (χ0) is 8.10. The molecular formula is C7H13NO3. The van der Waals surface area contributed by atoms with E-state index in [0.29, 0.717) is 6.61 Å². The molecule has 1 atom stereocenters. The molecule has 0 spiro atoms. The van der Waals surface area contributed by atoms with E-state index in [0.717, 1.165) is 19.4 Å². The van der Waals surface area contributed by atoms with Crippen LogP contribution in [0.2, 0.25) is 0 Å². The van der Waals surface area contributed by atoms with Gasteiger partial charge in [-0.15, -0.1) is 0 Å². The van der Waals surface area contributed by atoms with Crippen molar-refractivity contribution in [1.82, 2.24) is 5.32 Å². The lowest BCUT2D eigenvalue weighted by Crippen LogP contribution is -2.32. The summed E-state index contributed by atoms with van der Waals surface area (Å²) in [6.07, 6.45) is 1.86. The summed E-state index contributed by atoms with van der Waals surface area (Å²) < 4.78 is 5.22. The van der Waals surface area contributed by atoms with Gasteiger partial charge in [-0.2, -0.15) is 0 Å². The molecule has 0 bridgehead atoms. The highest BCUT2D eigenvalue weighted by molar-refractivity contribution is 5.67. The molecule has 4 heteroatoms. The fourth-order valence-corrected chi connectivity index (χ4v) is 1.06. The highest BCUT2D eigenvalue weighted by Crippen LogP contribution is 2.02. The molecule has 2 N–H and O–H groups in total. The van der Waals surface area contributed by atoms with Crippen LogP contribution in [0.5, 0.6) is 0 Å². The third-order valence-electron chi connectivity index (χ3n) is 1.62. The smallest absolute Gasteiger partial charge is 0.307 e. The predicted octanol–water partition coefficient (Wildman–Crippen LogP) is 0.187. The van der Waals surface area contributed by atoms with E-state index < -0.39 is 5.97 Å². The number of carboxylic acid groups (broad SMARTS) is 1. The number of hydrogen-bond donors (Lipinski definition) is 2. The standard InChI is InChI=1S/C7H13NO3/c9-7(10)5-6-8-3-1-2-4-11-6/h6,8H,1-5H2,(H,9,10). The van der Waals surface area contributed by atoms with E-state index >= 15 is 0 Å². The number of ether oxygens (including phenoxy) is 1. The van der Waals surface area contributed by atoms with Crippen molar-refractivity contribution in [2.45, 2.75) is 25.5 Å². The molecule has 1 rings (SSSR count). The van der Waals surface area contributed by atoms with E-state index in [4.69, 9.17) is 9.84 Å². The van der Waals surface area contributed by atoms with Crippen molar-refractivity contribution in [3.63, 3.8) is 0 Å². The van der Waals surface area contributed by atoms with Gasteiger partial charge in [0.05, 0.1) is 6.42 Å². The number of hydrogen-bond acceptors (Lipinski definition) is 3. The van der Waals surface area contributed by atoms with E-state index in [2.05, 4.69) is 5.32 Å². The number of nitrogens with one attached hydrogen (secondary N) is 1. The van der Waals surface area contributed by atoms with Crippen LogP contribution in [0.3, 0.4) is 0 Å². The molecule has 1 fully saturated rings. The maximum Gasteiger partial charge on any atom is 0.307 e. The summed E-state index contributed by atoms with van der Waals surface area (Å²) in [4.78, 5) is 10.3. The van der Waals surface area contributed by atoms with Crippen LogP contribution in [0, 0.1) is 0 Å². The summed E-state index contributed by atoms with van der Waals surface area (Å²) in [5.41, 5.74) is 0. The van der Waals surface area contributed by atoms with Gasteiger partial charge in [0.1, 0.15) is 6.23 Å². The summed E-state index contributed by atoms with van der Waals surface area (Å²) >= 11 is 0. The van der Waals surface area contributed by atoms with Crippen LogP contribution in [-0.2, 0) is 9.53 Å². The third kappa shape index (κ3) is 3.34. The van der Waals surface area contributed by atoms with Gasteiger partial charge in [-0.25, -0.2) is 0 Å². The lowest BCUT2D eigenvalue weighted by Gasteiger charge is -2.12. The maximum absolute atomic E-state index is 10.3. The maximum atomic E-state index is 10.3. The van der Waals surface area contributed by atoms with Gasteiger partial charge in [-0.1, -0.05) is 0 Å². The zero-order valence-electron chi connectivity index (χ0n) is 6.38. The van der Waals surface area contributed by atoms with E-state index in [1.165, 1.54) is 0 Å². The first-order valence-corrected chi connectivity index (χ1v) is 3.86. The minimum atomic E-state index is -0.815. The summed E-state index contributed by atoms with van der Waals surface area (Å²) in [7, 11) is 0.